The van der Waals surface area contributed by atoms with Gasteiger partial charge in [0.2, 0.25) is 0 Å². The highest BCUT2D eigenvalue weighted by atomic mass is 16.7. The van der Waals surface area contributed by atoms with Gasteiger partial charge in [0.25, 0.3) is 0 Å². The Bertz CT molecular complexity index is 1170. The minimum absolute atomic E-state index is 0.148. The maximum absolute atomic E-state index is 12.9. The molecule has 0 amide bonds. The number of ether oxygens (including phenoxy) is 6. The number of esters is 2. The summed E-state index contributed by atoms with van der Waals surface area (Å²) < 4.78 is 33.2. The molecule has 2 aliphatic heterocycles. The lowest BCUT2D eigenvalue weighted by Crippen LogP contribution is -2.61. The van der Waals surface area contributed by atoms with E-state index in [0.29, 0.717) is 6.42 Å². The zero-order chi connectivity index (χ0) is 44.7. The van der Waals surface area contributed by atoms with E-state index in [1.807, 2.05) is 6.08 Å². The molecule has 0 saturated carbocycles. The van der Waals surface area contributed by atoms with E-state index in [0.717, 1.165) is 32.1 Å². The number of carbonyl (C=O) groups excluding carboxylic acids is 2. The van der Waals surface area contributed by atoms with Crippen molar-refractivity contribution in [2.24, 2.45) is 0 Å². The van der Waals surface area contributed by atoms with Crippen molar-refractivity contribution in [3.63, 3.8) is 0 Å². The van der Waals surface area contributed by atoms with Gasteiger partial charge in [-0.2, -0.15) is 0 Å². The summed E-state index contributed by atoms with van der Waals surface area (Å²) in [5.74, 6) is -1.18. The van der Waals surface area contributed by atoms with Gasteiger partial charge in [-0.15, -0.1) is 0 Å². The Morgan fingerprint density at radius 2 is 1.03 bits per heavy atom. The van der Waals surface area contributed by atoms with E-state index in [2.05, 4.69) is 13.8 Å². The molecule has 2 aliphatic rings. The maximum atomic E-state index is 12.9. The Labute approximate surface area is 364 Å². The van der Waals surface area contributed by atoms with Crippen molar-refractivity contribution in [3.8, 4) is 0 Å². The normalized spacial score (nSPS) is 27.5. The predicted molar refractivity (Wildman–Crippen MR) is 229 cm³/mol. The first-order chi connectivity index (χ1) is 29.5. The largest absolute Gasteiger partial charge is 0.458 e. The molecule has 0 aromatic heterocycles. The summed E-state index contributed by atoms with van der Waals surface area (Å²) >= 11 is 0. The summed E-state index contributed by atoms with van der Waals surface area (Å²) in [5.41, 5.74) is 0. The van der Waals surface area contributed by atoms with Gasteiger partial charge >= 0.3 is 11.9 Å². The van der Waals surface area contributed by atoms with E-state index in [1.165, 1.54) is 109 Å². The summed E-state index contributed by atoms with van der Waals surface area (Å²) in [4.78, 5) is 25.5. The van der Waals surface area contributed by atoms with E-state index >= 15 is 0 Å². The van der Waals surface area contributed by atoms with Crippen LogP contribution in [0.15, 0.2) is 24.3 Å². The molecular weight excluding hydrogens is 792 g/mol. The Morgan fingerprint density at radius 3 is 1.57 bits per heavy atom. The van der Waals surface area contributed by atoms with Crippen LogP contribution in [0.1, 0.15) is 162 Å². The first-order valence-electron chi connectivity index (χ1n) is 23.5. The number of hydrogen-bond acceptors (Lipinski definition) is 15. The first kappa shape index (κ1) is 55.1. The highest BCUT2D eigenvalue weighted by Crippen LogP contribution is 2.26. The smallest absolute Gasteiger partial charge is 0.330 e. The minimum Gasteiger partial charge on any atom is -0.458 e. The quantitative estimate of drug-likeness (QED) is 0.0188. The van der Waals surface area contributed by atoms with Gasteiger partial charge in [-0.1, -0.05) is 154 Å². The van der Waals surface area contributed by atoms with Crippen molar-refractivity contribution in [1.29, 1.82) is 0 Å². The van der Waals surface area contributed by atoms with E-state index in [-0.39, 0.29) is 13.0 Å². The third-order valence-corrected chi connectivity index (χ3v) is 11.3. The van der Waals surface area contributed by atoms with Crippen LogP contribution in [0.5, 0.6) is 0 Å². The summed E-state index contributed by atoms with van der Waals surface area (Å²) in [7, 11) is 0. The number of carbonyl (C=O) groups is 2. The summed E-state index contributed by atoms with van der Waals surface area (Å²) in [5, 5.41) is 71.8. The average Bonchev–Trinajstić information content (AvgIpc) is 3.25. The molecule has 15 heteroatoms. The van der Waals surface area contributed by atoms with Crippen molar-refractivity contribution in [1.82, 2.24) is 0 Å². The summed E-state index contributed by atoms with van der Waals surface area (Å²) in [6.45, 7) is 2.44. The van der Waals surface area contributed by atoms with E-state index in [1.54, 1.807) is 12.2 Å². The number of allylic oxidation sites excluding steroid dienone is 3. The van der Waals surface area contributed by atoms with Crippen LogP contribution in [-0.4, -0.2) is 142 Å². The molecular formula is C46H82O15. The highest BCUT2D eigenvalue weighted by molar-refractivity contribution is 5.82. The van der Waals surface area contributed by atoms with Crippen molar-refractivity contribution in [2.45, 2.75) is 229 Å². The highest BCUT2D eigenvalue weighted by Gasteiger charge is 2.47. The molecule has 7 N–H and O–H groups in total. The first-order valence-corrected chi connectivity index (χ1v) is 23.5. The standard InChI is InChI=1S/C46H82O15/c1-3-5-7-9-11-13-15-16-17-18-19-21-22-24-26-28-37(48)56-31-34(59-38(49)29-27-25-23-20-14-12-10-8-6-4-2)32-57-45-44(55)42(53)40(51)36(61-45)33-58-46-43(54)41(52)39(50)35(30-47)60-46/h22,24,26,28,34-36,39-47,50-55H,3-21,23,25,27,29-33H2,1-2H3/b24-22+,28-26+/t34-,35-,36-,39+,40+,41?,42?,43?,44?,45-,46-/m1/s1. The number of aliphatic hydroxyl groups is 7. The van der Waals surface area contributed by atoms with Crippen molar-refractivity contribution >= 4 is 11.9 Å². The molecule has 2 heterocycles. The van der Waals surface area contributed by atoms with Gasteiger partial charge in [0.05, 0.1) is 19.8 Å². The van der Waals surface area contributed by atoms with Crippen LogP contribution in [0, 0.1) is 0 Å². The number of rotatable bonds is 35. The Balaban J connectivity index is 1.87. The molecule has 0 aromatic carbocycles. The molecule has 2 saturated heterocycles. The molecule has 2 fully saturated rings. The summed E-state index contributed by atoms with van der Waals surface area (Å²) in [6.07, 6.45) is 15.7. The predicted octanol–water partition coefficient (Wildman–Crippen LogP) is 5.21. The minimum atomic E-state index is -1.77. The molecule has 4 unspecified atom stereocenters. The fourth-order valence-electron chi connectivity index (χ4n) is 7.37. The van der Waals surface area contributed by atoms with Gasteiger partial charge < -0.3 is 64.2 Å². The number of unbranched alkanes of at least 4 members (excludes halogenated alkanes) is 20. The molecule has 15 nitrogen and oxygen atoms in total. The van der Waals surface area contributed by atoms with Gasteiger partial charge in [-0.25, -0.2) is 4.79 Å². The van der Waals surface area contributed by atoms with Crippen LogP contribution in [0.25, 0.3) is 0 Å². The molecule has 0 spiro atoms. The molecule has 0 aromatic rings. The zero-order valence-electron chi connectivity index (χ0n) is 37.1. The van der Waals surface area contributed by atoms with Gasteiger partial charge in [0, 0.05) is 12.5 Å². The van der Waals surface area contributed by atoms with Gasteiger partial charge in [-0.05, 0) is 19.3 Å². The third-order valence-electron chi connectivity index (χ3n) is 11.3. The van der Waals surface area contributed by atoms with Gasteiger partial charge in [-0.3, -0.25) is 4.79 Å². The molecule has 0 radical (unpaired) electrons. The van der Waals surface area contributed by atoms with Crippen molar-refractivity contribution in [2.75, 3.05) is 26.4 Å². The van der Waals surface area contributed by atoms with Crippen LogP contribution >= 0.6 is 0 Å². The molecule has 0 bridgehead atoms. The van der Waals surface area contributed by atoms with E-state index < -0.39 is 99.3 Å². The lowest BCUT2D eigenvalue weighted by Gasteiger charge is -2.42. The number of aliphatic hydroxyl groups excluding tert-OH is 7. The van der Waals surface area contributed by atoms with Crippen LogP contribution in [0.3, 0.4) is 0 Å². The Hall–Kier alpha value is -2.02. The Kier molecular flexibility index (Phi) is 31.1. The monoisotopic (exact) mass is 875 g/mol. The molecule has 11 atom stereocenters. The van der Waals surface area contributed by atoms with Crippen LogP contribution in [0.4, 0.5) is 0 Å². The van der Waals surface area contributed by atoms with Crippen LogP contribution in [-0.2, 0) is 38.0 Å². The fourth-order valence-corrected chi connectivity index (χ4v) is 7.37. The lowest BCUT2D eigenvalue weighted by molar-refractivity contribution is -0.332. The molecule has 0 aliphatic carbocycles. The lowest BCUT2D eigenvalue weighted by atomic mass is 9.98. The molecule has 356 valence electrons. The molecule has 2 rings (SSSR count). The average molecular weight is 875 g/mol. The fraction of sp³-hybridized carbons (Fsp3) is 0.870. The second kappa shape index (κ2) is 34.4. The van der Waals surface area contributed by atoms with E-state index in [9.17, 15) is 45.3 Å². The molecule has 61 heavy (non-hydrogen) atoms. The second-order valence-corrected chi connectivity index (χ2v) is 16.7. The maximum Gasteiger partial charge on any atom is 0.330 e. The third kappa shape index (κ3) is 23.5. The number of hydrogen-bond donors (Lipinski definition) is 7. The Morgan fingerprint density at radius 1 is 0.557 bits per heavy atom. The van der Waals surface area contributed by atoms with Gasteiger partial charge in [0.1, 0.15) is 55.4 Å². The van der Waals surface area contributed by atoms with Crippen molar-refractivity contribution < 1.29 is 73.8 Å². The van der Waals surface area contributed by atoms with Crippen LogP contribution in [0.2, 0.25) is 0 Å². The van der Waals surface area contributed by atoms with Crippen LogP contribution < -0.4 is 0 Å². The topological polar surface area (TPSA) is 231 Å². The SMILES string of the molecule is CCCCCCCCCCCCC/C=C/C=C/C(=O)OC[C@H](CO[C@@H]1O[C@H](CO[C@@H]2O[C@H](CO)[C@H](O)C(O)C2O)[C@H](O)C(O)C1O)OC(=O)CCCCCCCCCCCC. The van der Waals surface area contributed by atoms with Gasteiger partial charge in [0.15, 0.2) is 18.7 Å². The summed E-state index contributed by atoms with van der Waals surface area (Å²) in [6, 6.07) is 0. The van der Waals surface area contributed by atoms with Crippen molar-refractivity contribution in [3.05, 3.63) is 24.3 Å². The second-order valence-electron chi connectivity index (χ2n) is 16.7. The zero-order valence-corrected chi connectivity index (χ0v) is 37.1. The van der Waals surface area contributed by atoms with E-state index in [4.69, 9.17) is 28.4 Å².